The number of hydrogen-bond acceptors (Lipinski definition) is 6. The highest BCUT2D eigenvalue weighted by Gasteiger charge is 2.61. The second-order valence-corrected chi connectivity index (χ2v) is 19.1. The van der Waals surface area contributed by atoms with Gasteiger partial charge in [-0.25, -0.2) is 0 Å². The summed E-state index contributed by atoms with van der Waals surface area (Å²) in [6, 6.07) is 9.36. The highest BCUT2D eigenvalue weighted by Crippen LogP contribution is 2.64. The molecule has 6 N–H and O–H groups in total. The molecule has 2 aromatic rings. The first-order valence-electron chi connectivity index (χ1n) is 21.9. The molecule has 58 heavy (non-hydrogen) atoms. The molecule has 2 saturated carbocycles. The quantitative estimate of drug-likeness (QED) is 0.0431. The number of aliphatic carboxylic acids is 4. The Hall–Kier alpha value is -4.08. The highest BCUT2D eigenvalue weighted by atomic mass is 16.4. The standard InChI is InChI=1S/C48H70O10/c1-45(2,41(51)52)23-13-5-10-18-34-29-37(49)22-21-33(34)17-9-8-16-26-48(44(57)58)32-39(48)38-30-35(19-11-6-14-24-46(3,4)42(53)54)36(31-40(38)50)20-12-7-15-25-47(27-28-47)43(55)56/h21-22,29-31,39,49-50H,5-20,23-28,32H2,1-4H3,(H,51,52)(H,53,54)(H,55,56)(H,57,58). The molecule has 322 valence electrons. The van der Waals surface area contributed by atoms with E-state index in [1.54, 1.807) is 33.8 Å². The molecule has 4 rings (SSSR count). The number of carboxylic acid groups (broad SMARTS) is 4. The Balaban J connectivity index is 1.33. The molecule has 2 aliphatic carbocycles. The van der Waals surface area contributed by atoms with Crippen molar-refractivity contribution < 1.29 is 49.8 Å². The van der Waals surface area contributed by atoms with E-state index in [4.69, 9.17) is 0 Å². The van der Waals surface area contributed by atoms with Crippen LogP contribution >= 0.6 is 0 Å². The average Bonchev–Trinajstić information content (AvgIpc) is 4.08. The third-order valence-electron chi connectivity index (χ3n) is 13.5. The minimum Gasteiger partial charge on any atom is -0.508 e. The van der Waals surface area contributed by atoms with Crippen LogP contribution in [0.25, 0.3) is 0 Å². The molecule has 0 amide bonds. The molecule has 0 bridgehead atoms. The molecule has 0 heterocycles. The van der Waals surface area contributed by atoms with E-state index in [1.165, 1.54) is 5.56 Å². The molecule has 0 aliphatic heterocycles. The predicted octanol–water partition coefficient (Wildman–Crippen LogP) is 10.9. The number of unbranched alkanes of at least 4 members (excludes halogenated alkanes) is 8. The van der Waals surface area contributed by atoms with Crippen LogP contribution < -0.4 is 0 Å². The second-order valence-electron chi connectivity index (χ2n) is 19.1. The molecular formula is C48H70O10. The van der Waals surface area contributed by atoms with E-state index in [0.717, 1.165) is 132 Å². The van der Waals surface area contributed by atoms with Gasteiger partial charge < -0.3 is 30.6 Å². The number of aryl methyl sites for hydroxylation is 4. The number of carboxylic acids is 4. The smallest absolute Gasteiger partial charge is 0.310 e. The van der Waals surface area contributed by atoms with Gasteiger partial charge in [-0.2, -0.15) is 0 Å². The van der Waals surface area contributed by atoms with Crippen LogP contribution in [0.15, 0.2) is 30.3 Å². The van der Waals surface area contributed by atoms with E-state index >= 15 is 0 Å². The minimum absolute atomic E-state index is 0.142. The molecule has 10 nitrogen and oxygen atoms in total. The zero-order valence-electron chi connectivity index (χ0n) is 35.5. The summed E-state index contributed by atoms with van der Waals surface area (Å²) in [5.74, 6) is -3.00. The lowest BCUT2D eigenvalue weighted by Gasteiger charge is -2.19. The fourth-order valence-corrected chi connectivity index (χ4v) is 8.80. The van der Waals surface area contributed by atoms with Crippen LogP contribution in [0.5, 0.6) is 11.5 Å². The summed E-state index contributed by atoms with van der Waals surface area (Å²) in [6.45, 7) is 7.00. The maximum absolute atomic E-state index is 12.8. The van der Waals surface area contributed by atoms with Crippen LogP contribution in [0.4, 0.5) is 0 Å². The number of carbonyl (C=O) groups is 4. The van der Waals surface area contributed by atoms with Gasteiger partial charge in [0.15, 0.2) is 0 Å². The SMILES string of the molecule is CC(C)(CCCCCc1cc(C2CC2(CCCCCc2ccc(O)cc2CCCCCC(C)(C)C(=O)O)C(=O)O)c(O)cc1CCCCCC1(C(=O)O)CC1)C(=O)O. The fraction of sp³-hybridized carbons (Fsp3) is 0.667. The van der Waals surface area contributed by atoms with Crippen LogP contribution in [0.1, 0.15) is 183 Å². The van der Waals surface area contributed by atoms with Crippen molar-refractivity contribution in [1.82, 2.24) is 0 Å². The first-order chi connectivity index (χ1) is 27.3. The van der Waals surface area contributed by atoms with Crippen molar-refractivity contribution in [2.24, 2.45) is 21.7 Å². The van der Waals surface area contributed by atoms with Gasteiger partial charge in [-0.1, -0.05) is 63.5 Å². The average molecular weight is 807 g/mol. The molecule has 2 unspecified atom stereocenters. The molecule has 2 aliphatic rings. The zero-order valence-corrected chi connectivity index (χ0v) is 35.5. The lowest BCUT2D eigenvalue weighted by Crippen LogP contribution is -2.23. The molecule has 0 aromatic heterocycles. The van der Waals surface area contributed by atoms with Gasteiger partial charge in [0.1, 0.15) is 11.5 Å². The molecule has 0 saturated heterocycles. The van der Waals surface area contributed by atoms with Crippen molar-refractivity contribution in [2.75, 3.05) is 0 Å². The van der Waals surface area contributed by atoms with Crippen LogP contribution in [-0.4, -0.2) is 54.5 Å². The third-order valence-corrected chi connectivity index (χ3v) is 13.5. The molecule has 2 aromatic carbocycles. The maximum atomic E-state index is 12.8. The van der Waals surface area contributed by atoms with E-state index < -0.39 is 45.5 Å². The van der Waals surface area contributed by atoms with Gasteiger partial charge in [0, 0.05) is 5.92 Å². The third kappa shape index (κ3) is 12.7. The molecular weight excluding hydrogens is 737 g/mol. The van der Waals surface area contributed by atoms with Crippen LogP contribution in [0, 0.1) is 21.7 Å². The van der Waals surface area contributed by atoms with Crippen molar-refractivity contribution in [3.63, 3.8) is 0 Å². The maximum Gasteiger partial charge on any atom is 0.310 e. The van der Waals surface area contributed by atoms with E-state index in [1.807, 2.05) is 24.3 Å². The Labute approximate surface area is 345 Å². The van der Waals surface area contributed by atoms with Gasteiger partial charge in [-0.05, 0) is 170 Å². The largest absolute Gasteiger partial charge is 0.508 e. The normalized spacial score (nSPS) is 18.5. The Morgan fingerprint density at radius 3 is 1.52 bits per heavy atom. The predicted molar refractivity (Wildman–Crippen MR) is 224 cm³/mol. The van der Waals surface area contributed by atoms with Crippen LogP contribution in [0.3, 0.4) is 0 Å². The number of aromatic hydroxyl groups is 2. The summed E-state index contributed by atoms with van der Waals surface area (Å²) >= 11 is 0. The molecule has 0 radical (unpaired) electrons. The highest BCUT2D eigenvalue weighted by molar-refractivity contribution is 5.81. The van der Waals surface area contributed by atoms with Crippen molar-refractivity contribution in [1.29, 1.82) is 0 Å². The summed E-state index contributed by atoms with van der Waals surface area (Å²) in [4.78, 5) is 47.4. The minimum atomic E-state index is -0.916. The van der Waals surface area contributed by atoms with Gasteiger partial charge in [0.2, 0.25) is 0 Å². The molecule has 2 fully saturated rings. The Bertz CT molecular complexity index is 1740. The topological polar surface area (TPSA) is 190 Å². The summed E-state index contributed by atoms with van der Waals surface area (Å²) in [5.41, 5.74) is 2.18. The number of hydrogen-bond donors (Lipinski definition) is 6. The Morgan fingerprint density at radius 1 is 0.569 bits per heavy atom. The number of rotatable bonds is 29. The fourth-order valence-electron chi connectivity index (χ4n) is 8.80. The van der Waals surface area contributed by atoms with E-state index in [0.29, 0.717) is 37.7 Å². The number of benzene rings is 2. The van der Waals surface area contributed by atoms with Crippen molar-refractivity contribution in [3.8, 4) is 11.5 Å². The second kappa shape index (κ2) is 20.3. The number of phenols is 2. The van der Waals surface area contributed by atoms with Gasteiger partial charge in [0.05, 0.1) is 21.7 Å². The van der Waals surface area contributed by atoms with Crippen molar-refractivity contribution in [2.45, 2.75) is 181 Å². The number of phenolic OH excluding ortho intramolecular Hbond substituents is 2. The summed E-state index contributed by atoms with van der Waals surface area (Å²) < 4.78 is 0. The lowest BCUT2D eigenvalue weighted by molar-refractivity contribution is -0.148. The van der Waals surface area contributed by atoms with Crippen molar-refractivity contribution in [3.05, 3.63) is 58.1 Å². The summed E-state index contributed by atoms with van der Waals surface area (Å²) in [5, 5.41) is 60.4. The van der Waals surface area contributed by atoms with E-state index in [2.05, 4.69) is 0 Å². The zero-order chi connectivity index (χ0) is 42.7. The van der Waals surface area contributed by atoms with Crippen LogP contribution in [-0.2, 0) is 44.9 Å². The summed E-state index contributed by atoms with van der Waals surface area (Å²) in [6.07, 6.45) is 17.8. The van der Waals surface area contributed by atoms with Gasteiger partial charge in [-0.15, -0.1) is 0 Å². The van der Waals surface area contributed by atoms with Gasteiger partial charge in [-0.3, -0.25) is 19.2 Å². The van der Waals surface area contributed by atoms with Gasteiger partial charge in [0.25, 0.3) is 0 Å². The van der Waals surface area contributed by atoms with E-state index in [-0.39, 0.29) is 17.4 Å². The Kier molecular flexibility index (Phi) is 16.3. The van der Waals surface area contributed by atoms with Crippen molar-refractivity contribution >= 4 is 23.9 Å². The lowest BCUT2D eigenvalue weighted by atomic mass is 9.86. The van der Waals surface area contributed by atoms with Gasteiger partial charge >= 0.3 is 23.9 Å². The van der Waals surface area contributed by atoms with Crippen LogP contribution in [0.2, 0.25) is 0 Å². The monoisotopic (exact) mass is 806 g/mol. The summed E-state index contributed by atoms with van der Waals surface area (Å²) in [7, 11) is 0. The first-order valence-corrected chi connectivity index (χ1v) is 21.9. The van der Waals surface area contributed by atoms with E-state index in [9.17, 15) is 49.8 Å². The first kappa shape index (κ1) is 46.6. The molecule has 10 heteroatoms. The Morgan fingerprint density at radius 2 is 1.03 bits per heavy atom. The molecule has 2 atom stereocenters. The molecule has 0 spiro atoms.